The Hall–Kier alpha value is -3.97. The number of nitrogens with zero attached hydrogens (tertiary/aromatic N) is 4. The number of hydrogen-bond acceptors (Lipinski definition) is 7. The second-order valence-electron chi connectivity index (χ2n) is 12.0. The SMILES string of the molecule is Cc1nc(OC2CC(F)(F)C2)ccc1-c1nc(NC=O)c(C(=O)N(CCCOC2CCCCO2)C(C)C)n1Cc1ccc(F)cc1. The van der Waals surface area contributed by atoms with Crippen molar-refractivity contribution in [2.45, 2.75) is 90.2 Å². The number of carbonyl (C=O) groups is 2. The Bertz CT molecular complexity index is 1500. The molecule has 13 heteroatoms. The molecule has 2 aromatic heterocycles. The number of aryl methyl sites for hydroxylation is 1. The molecule has 248 valence electrons. The Morgan fingerprint density at radius 3 is 2.57 bits per heavy atom. The average Bonchev–Trinajstić information content (AvgIpc) is 3.34. The lowest BCUT2D eigenvalue weighted by atomic mass is 9.91. The van der Waals surface area contributed by atoms with E-state index in [-0.39, 0.29) is 55.0 Å². The number of carbonyl (C=O) groups excluding carboxylic acids is 2. The highest BCUT2D eigenvalue weighted by atomic mass is 19.3. The van der Waals surface area contributed by atoms with E-state index < -0.39 is 17.8 Å². The molecule has 0 radical (unpaired) electrons. The number of nitrogens with one attached hydrogen (secondary N) is 1. The summed E-state index contributed by atoms with van der Waals surface area (Å²) < 4.78 is 59.3. The summed E-state index contributed by atoms with van der Waals surface area (Å²) in [7, 11) is 0. The summed E-state index contributed by atoms with van der Waals surface area (Å²) in [5.41, 5.74) is 1.86. The number of halogens is 3. The van der Waals surface area contributed by atoms with Crippen LogP contribution in [0.1, 0.15) is 74.1 Å². The fraction of sp³-hybridized carbons (Fsp3) is 0.515. The highest BCUT2D eigenvalue weighted by Crippen LogP contribution is 2.40. The Balaban J connectivity index is 1.46. The molecule has 1 N–H and O–H groups in total. The summed E-state index contributed by atoms with van der Waals surface area (Å²) in [4.78, 5) is 36.9. The van der Waals surface area contributed by atoms with Gasteiger partial charge in [-0.1, -0.05) is 12.1 Å². The highest BCUT2D eigenvalue weighted by Gasteiger charge is 2.47. The predicted octanol–water partition coefficient (Wildman–Crippen LogP) is 5.97. The lowest BCUT2D eigenvalue weighted by molar-refractivity contribution is -0.163. The number of hydrogen-bond donors (Lipinski definition) is 1. The third-order valence-corrected chi connectivity index (χ3v) is 8.13. The molecule has 3 heterocycles. The minimum atomic E-state index is -2.73. The zero-order chi connectivity index (χ0) is 32.8. The molecule has 1 aliphatic heterocycles. The first-order chi connectivity index (χ1) is 22.0. The lowest BCUT2D eigenvalue weighted by Gasteiger charge is -2.34. The van der Waals surface area contributed by atoms with Gasteiger partial charge < -0.3 is 29.0 Å². The number of aromatic nitrogens is 3. The van der Waals surface area contributed by atoms with Crippen LogP contribution in [0, 0.1) is 12.7 Å². The number of rotatable bonds is 14. The quantitative estimate of drug-likeness (QED) is 0.170. The monoisotopic (exact) mass is 643 g/mol. The van der Waals surface area contributed by atoms with E-state index in [1.165, 1.54) is 12.1 Å². The van der Waals surface area contributed by atoms with Gasteiger partial charge in [-0.2, -0.15) is 0 Å². The van der Waals surface area contributed by atoms with Crippen LogP contribution in [0.4, 0.5) is 19.0 Å². The van der Waals surface area contributed by atoms with E-state index in [9.17, 15) is 22.8 Å². The zero-order valence-corrected chi connectivity index (χ0v) is 26.3. The molecular formula is C33H40F3N5O5. The van der Waals surface area contributed by atoms with Crippen LogP contribution >= 0.6 is 0 Å². The molecule has 0 spiro atoms. The number of alkyl halides is 2. The molecule has 1 aromatic carbocycles. The molecule has 2 amide bonds. The second kappa shape index (κ2) is 14.6. The zero-order valence-electron chi connectivity index (χ0n) is 26.3. The topological polar surface area (TPSA) is 108 Å². The average molecular weight is 644 g/mol. The Kier molecular flexibility index (Phi) is 10.6. The summed E-state index contributed by atoms with van der Waals surface area (Å²) in [5.74, 6) is -2.88. The second-order valence-corrected chi connectivity index (χ2v) is 12.0. The van der Waals surface area contributed by atoms with Gasteiger partial charge in [0.2, 0.25) is 12.3 Å². The van der Waals surface area contributed by atoms with E-state index in [0.717, 1.165) is 19.3 Å². The standard InChI is InChI=1S/C33H40F3N5O5/c1-21(2)40(14-6-16-45-28-7-4-5-15-44-28)32(43)29-30(37-20-42)39-31(41(29)19-23-8-10-24(34)11-9-23)26-12-13-27(38-22(26)3)46-25-17-33(35,36)18-25/h8-13,20-21,25,28H,4-7,14-19H2,1-3H3,(H,37,42). The van der Waals surface area contributed by atoms with Gasteiger partial charge in [-0.25, -0.2) is 23.1 Å². The van der Waals surface area contributed by atoms with Gasteiger partial charge in [0, 0.05) is 50.2 Å². The molecule has 3 aromatic rings. The first-order valence-electron chi connectivity index (χ1n) is 15.7. The molecule has 1 saturated heterocycles. The van der Waals surface area contributed by atoms with E-state index in [2.05, 4.69) is 15.3 Å². The third kappa shape index (κ3) is 8.05. The van der Waals surface area contributed by atoms with Crippen molar-refractivity contribution in [1.82, 2.24) is 19.4 Å². The third-order valence-electron chi connectivity index (χ3n) is 8.13. The van der Waals surface area contributed by atoms with Gasteiger partial charge in [0.15, 0.2) is 17.8 Å². The van der Waals surface area contributed by atoms with Crippen LogP contribution in [0.5, 0.6) is 5.88 Å². The van der Waals surface area contributed by atoms with E-state index in [0.29, 0.717) is 55.2 Å². The molecule has 2 aliphatic rings. The van der Waals surface area contributed by atoms with Gasteiger partial charge in [0.25, 0.3) is 11.8 Å². The lowest BCUT2D eigenvalue weighted by Crippen LogP contribution is -2.43. The van der Waals surface area contributed by atoms with E-state index in [1.54, 1.807) is 40.7 Å². The fourth-order valence-corrected chi connectivity index (χ4v) is 5.68. The molecule has 1 unspecified atom stereocenters. The molecule has 2 fully saturated rings. The van der Waals surface area contributed by atoms with Gasteiger partial charge >= 0.3 is 0 Å². The molecule has 1 aliphatic carbocycles. The first-order valence-corrected chi connectivity index (χ1v) is 15.7. The number of ether oxygens (including phenoxy) is 3. The predicted molar refractivity (Wildman–Crippen MR) is 164 cm³/mol. The van der Waals surface area contributed by atoms with Crippen LogP contribution in [0.25, 0.3) is 11.4 Å². The van der Waals surface area contributed by atoms with Crippen molar-refractivity contribution in [3.05, 3.63) is 59.2 Å². The number of pyridine rings is 1. The van der Waals surface area contributed by atoms with Crippen LogP contribution in [0.15, 0.2) is 36.4 Å². The van der Waals surface area contributed by atoms with Crippen LogP contribution in [-0.4, -0.2) is 75.9 Å². The van der Waals surface area contributed by atoms with Crippen molar-refractivity contribution in [1.29, 1.82) is 0 Å². The van der Waals surface area contributed by atoms with E-state index >= 15 is 0 Å². The maximum Gasteiger partial charge on any atom is 0.274 e. The largest absolute Gasteiger partial charge is 0.474 e. The highest BCUT2D eigenvalue weighted by molar-refractivity contribution is 6.00. The number of amides is 2. The van der Waals surface area contributed by atoms with Crippen molar-refractivity contribution in [2.75, 3.05) is 25.1 Å². The van der Waals surface area contributed by atoms with Crippen LogP contribution < -0.4 is 10.1 Å². The Labute approximate surface area is 266 Å². The summed E-state index contributed by atoms with van der Waals surface area (Å²) in [6.45, 7) is 7.14. The molecule has 5 rings (SSSR count). The molecule has 10 nitrogen and oxygen atoms in total. The van der Waals surface area contributed by atoms with Crippen LogP contribution in [0.3, 0.4) is 0 Å². The Morgan fingerprint density at radius 2 is 1.93 bits per heavy atom. The number of imidazole rings is 1. The Morgan fingerprint density at radius 1 is 1.17 bits per heavy atom. The van der Waals surface area contributed by atoms with Gasteiger partial charge in [-0.3, -0.25) is 9.59 Å². The van der Waals surface area contributed by atoms with Crippen LogP contribution in [0.2, 0.25) is 0 Å². The number of anilines is 1. The minimum Gasteiger partial charge on any atom is -0.474 e. The van der Waals surface area contributed by atoms with Gasteiger partial charge in [0.05, 0.1) is 12.3 Å². The molecule has 46 heavy (non-hydrogen) atoms. The minimum absolute atomic E-state index is 0.0612. The van der Waals surface area contributed by atoms with Crippen molar-refractivity contribution in [2.24, 2.45) is 0 Å². The summed E-state index contributed by atoms with van der Waals surface area (Å²) >= 11 is 0. The summed E-state index contributed by atoms with van der Waals surface area (Å²) in [6.07, 6.45) is 2.36. The molecule has 0 bridgehead atoms. The fourth-order valence-electron chi connectivity index (χ4n) is 5.68. The van der Waals surface area contributed by atoms with Gasteiger partial charge in [0.1, 0.15) is 17.7 Å². The summed E-state index contributed by atoms with van der Waals surface area (Å²) in [5, 5.41) is 2.59. The van der Waals surface area contributed by atoms with Gasteiger partial charge in [-0.05, 0) is 70.2 Å². The maximum absolute atomic E-state index is 14.3. The van der Waals surface area contributed by atoms with Crippen molar-refractivity contribution in [3.63, 3.8) is 0 Å². The summed E-state index contributed by atoms with van der Waals surface area (Å²) in [6, 6.07) is 8.96. The number of benzene rings is 1. The van der Waals surface area contributed by atoms with E-state index in [1.807, 2.05) is 13.8 Å². The smallest absolute Gasteiger partial charge is 0.274 e. The van der Waals surface area contributed by atoms with Crippen LogP contribution in [-0.2, 0) is 20.8 Å². The van der Waals surface area contributed by atoms with Crippen molar-refractivity contribution in [3.8, 4) is 17.3 Å². The molecule has 1 atom stereocenters. The van der Waals surface area contributed by atoms with E-state index in [4.69, 9.17) is 14.2 Å². The molecule has 1 saturated carbocycles. The normalized spacial score (nSPS) is 17.8. The van der Waals surface area contributed by atoms with Crippen molar-refractivity contribution >= 4 is 18.1 Å². The van der Waals surface area contributed by atoms with Gasteiger partial charge in [-0.15, -0.1) is 0 Å². The first kappa shape index (κ1) is 33.4. The maximum atomic E-state index is 14.3. The van der Waals surface area contributed by atoms with Crippen molar-refractivity contribution < 1.29 is 37.0 Å². The molecular weight excluding hydrogens is 603 g/mol.